The summed E-state index contributed by atoms with van der Waals surface area (Å²) >= 11 is 0. The first kappa shape index (κ1) is 17.2. The number of carbonyl (C=O) groups excluding carboxylic acids is 2. The Hall–Kier alpha value is -1.88. The summed E-state index contributed by atoms with van der Waals surface area (Å²) in [5.74, 6) is 0.210. The normalized spacial score (nSPS) is 10.8. The van der Waals surface area contributed by atoms with E-state index in [1.54, 1.807) is 6.92 Å². The van der Waals surface area contributed by atoms with Crippen molar-refractivity contribution in [3.8, 4) is 0 Å². The molecule has 0 saturated heterocycles. The van der Waals surface area contributed by atoms with Crippen molar-refractivity contribution in [1.29, 1.82) is 0 Å². The number of carbonyl (C=O) groups is 2. The molecule has 116 valence electrons. The fourth-order valence-corrected chi connectivity index (χ4v) is 1.99. The first-order valence-corrected chi connectivity index (χ1v) is 7.27. The topological polar surface area (TPSA) is 61.4 Å². The number of hydrogen-bond acceptors (Lipinski definition) is 3. The second-order valence-corrected chi connectivity index (χ2v) is 5.48. The third-order valence-electron chi connectivity index (χ3n) is 3.10. The van der Waals surface area contributed by atoms with E-state index in [4.69, 9.17) is 0 Å². The maximum absolute atomic E-state index is 11.7. The van der Waals surface area contributed by atoms with Crippen LogP contribution < -0.4 is 10.6 Å². The van der Waals surface area contributed by atoms with E-state index in [9.17, 15) is 9.59 Å². The van der Waals surface area contributed by atoms with Crippen molar-refractivity contribution < 1.29 is 9.59 Å². The molecule has 0 aliphatic heterocycles. The minimum atomic E-state index is -0.447. The van der Waals surface area contributed by atoms with Crippen molar-refractivity contribution in [2.24, 2.45) is 0 Å². The first-order valence-electron chi connectivity index (χ1n) is 7.27. The van der Waals surface area contributed by atoms with Crippen molar-refractivity contribution in [2.75, 3.05) is 20.1 Å². The van der Waals surface area contributed by atoms with Crippen molar-refractivity contribution in [2.45, 2.75) is 33.2 Å². The molecule has 0 saturated carbocycles. The molecule has 1 aromatic rings. The molecule has 0 aromatic heterocycles. The lowest BCUT2D eigenvalue weighted by molar-refractivity contribution is -0.120. The molecule has 3 amide bonds. The van der Waals surface area contributed by atoms with Gasteiger partial charge in [0, 0.05) is 13.1 Å². The third-order valence-corrected chi connectivity index (χ3v) is 3.10. The molecular formula is C16H25N3O2. The third kappa shape index (κ3) is 6.40. The van der Waals surface area contributed by atoms with Gasteiger partial charge in [-0.25, -0.2) is 4.79 Å². The first-order chi connectivity index (χ1) is 9.92. The second kappa shape index (κ2) is 8.42. The molecule has 0 bridgehead atoms. The Bertz CT molecular complexity index is 469. The molecule has 2 N–H and O–H groups in total. The van der Waals surface area contributed by atoms with Crippen LogP contribution in [0, 0.1) is 0 Å². The Labute approximate surface area is 126 Å². The van der Waals surface area contributed by atoms with Crippen molar-refractivity contribution in [1.82, 2.24) is 15.5 Å². The molecule has 0 atom stereocenters. The van der Waals surface area contributed by atoms with Crippen LogP contribution in [0.15, 0.2) is 24.3 Å². The number of benzene rings is 1. The predicted molar refractivity (Wildman–Crippen MR) is 84.1 cm³/mol. The van der Waals surface area contributed by atoms with Gasteiger partial charge >= 0.3 is 6.03 Å². The molecule has 5 nitrogen and oxygen atoms in total. The van der Waals surface area contributed by atoms with Crippen molar-refractivity contribution in [3.63, 3.8) is 0 Å². The standard InChI is InChI=1S/C16H25N3O2/c1-5-17-16(21)18-15(20)11-19(4)10-13-6-8-14(9-7-13)12(2)3/h6-9,12H,5,10-11H2,1-4H3,(H2,17,18,20,21). The van der Waals surface area contributed by atoms with E-state index in [1.807, 2.05) is 11.9 Å². The molecule has 0 unspecified atom stereocenters. The number of amides is 3. The lowest BCUT2D eigenvalue weighted by Gasteiger charge is -2.16. The number of urea groups is 1. The molecule has 0 radical (unpaired) electrons. The van der Waals surface area contributed by atoms with Crippen LogP contribution in [0.3, 0.4) is 0 Å². The van der Waals surface area contributed by atoms with Crippen LogP contribution in [-0.2, 0) is 11.3 Å². The van der Waals surface area contributed by atoms with Gasteiger partial charge in [-0.15, -0.1) is 0 Å². The van der Waals surface area contributed by atoms with Crippen LogP contribution >= 0.6 is 0 Å². The number of imide groups is 1. The molecule has 1 rings (SSSR count). The van der Waals surface area contributed by atoms with Gasteiger partial charge in [-0.3, -0.25) is 15.0 Å². The van der Waals surface area contributed by atoms with Crippen molar-refractivity contribution >= 4 is 11.9 Å². The highest BCUT2D eigenvalue weighted by molar-refractivity contribution is 5.95. The molecule has 0 fully saturated rings. The number of likely N-dealkylation sites (N-methyl/N-ethyl adjacent to an activating group) is 1. The van der Waals surface area contributed by atoms with Gasteiger partial charge in [-0.05, 0) is 31.0 Å². The lowest BCUT2D eigenvalue weighted by Crippen LogP contribution is -2.43. The molecule has 0 spiro atoms. The van der Waals surface area contributed by atoms with Gasteiger partial charge in [0.25, 0.3) is 0 Å². The zero-order valence-corrected chi connectivity index (χ0v) is 13.3. The van der Waals surface area contributed by atoms with Crippen LogP contribution in [0.25, 0.3) is 0 Å². The zero-order chi connectivity index (χ0) is 15.8. The maximum atomic E-state index is 11.7. The Morgan fingerprint density at radius 3 is 2.33 bits per heavy atom. The zero-order valence-electron chi connectivity index (χ0n) is 13.3. The highest BCUT2D eigenvalue weighted by atomic mass is 16.2. The minimum Gasteiger partial charge on any atom is -0.338 e. The van der Waals surface area contributed by atoms with E-state index in [0.717, 1.165) is 5.56 Å². The Kier molecular flexibility index (Phi) is 6.88. The summed E-state index contributed by atoms with van der Waals surface area (Å²) in [6, 6.07) is 7.93. The van der Waals surface area contributed by atoms with E-state index in [1.165, 1.54) is 5.56 Å². The highest BCUT2D eigenvalue weighted by Gasteiger charge is 2.10. The molecule has 21 heavy (non-hydrogen) atoms. The van der Waals surface area contributed by atoms with E-state index in [0.29, 0.717) is 19.0 Å². The summed E-state index contributed by atoms with van der Waals surface area (Å²) in [7, 11) is 1.85. The quantitative estimate of drug-likeness (QED) is 0.843. The Balaban J connectivity index is 2.44. The fourth-order valence-electron chi connectivity index (χ4n) is 1.99. The smallest absolute Gasteiger partial charge is 0.321 e. The van der Waals surface area contributed by atoms with Crippen LogP contribution in [0.2, 0.25) is 0 Å². The Morgan fingerprint density at radius 2 is 1.81 bits per heavy atom. The van der Waals surface area contributed by atoms with Gasteiger partial charge < -0.3 is 5.32 Å². The van der Waals surface area contributed by atoms with Crippen LogP contribution in [0.1, 0.15) is 37.8 Å². The van der Waals surface area contributed by atoms with Gasteiger partial charge in [0.15, 0.2) is 0 Å². The number of nitrogens with zero attached hydrogens (tertiary/aromatic N) is 1. The van der Waals surface area contributed by atoms with E-state index < -0.39 is 6.03 Å². The predicted octanol–water partition coefficient (Wildman–Crippen LogP) is 2.09. The largest absolute Gasteiger partial charge is 0.338 e. The summed E-state index contributed by atoms with van der Waals surface area (Å²) in [6.07, 6.45) is 0. The fraction of sp³-hybridized carbons (Fsp3) is 0.500. The molecule has 5 heteroatoms. The summed E-state index contributed by atoms with van der Waals surface area (Å²) in [5.41, 5.74) is 2.45. The number of nitrogens with one attached hydrogen (secondary N) is 2. The minimum absolute atomic E-state index is 0.184. The second-order valence-electron chi connectivity index (χ2n) is 5.48. The van der Waals surface area contributed by atoms with Crippen LogP contribution in [-0.4, -0.2) is 37.0 Å². The van der Waals surface area contributed by atoms with Gasteiger partial charge in [-0.1, -0.05) is 38.1 Å². The van der Waals surface area contributed by atoms with Crippen LogP contribution in [0.4, 0.5) is 4.79 Å². The van der Waals surface area contributed by atoms with Crippen LogP contribution in [0.5, 0.6) is 0 Å². The average molecular weight is 291 g/mol. The summed E-state index contributed by atoms with van der Waals surface area (Å²) in [6.45, 7) is 7.47. The Morgan fingerprint density at radius 1 is 1.19 bits per heavy atom. The SMILES string of the molecule is CCNC(=O)NC(=O)CN(C)Cc1ccc(C(C)C)cc1. The van der Waals surface area contributed by atoms with Gasteiger partial charge in [0.2, 0.25) is 5.91 Å². The number of rotatable bonds is 6. The van der Waals surface area contributed by atoms with Gasteiger partial charge in [-0.2, -0.15) is 0 Å². The average Bonchev–Trinajstić information content (AvgIpc) is 2.38. The van der Waals surface area contributed by atoms with Gasteiger partial charge in [0.1, 0.15) is 0 Å². The number of hydrogen-bond donors (Lipinski definition) is 2. The lowest BCUT2D eigenvalue weighted by atomic mass is 10.0. The molecule has 0 aliphatic carbocycles. The molecule has 0 heterocycles. The van der Waals surface area contributed by atoms with E-state index in [-0.39, 0.29) is 12.5 Å². The van der Waals surface area contributed by atoms with Gasteiger partial charge in [0.05, 0.1) is 6.54 Å². The van der Waals surface area contributed by atoms with E-state index >= 15 is 0 Å². The van der Waals surface area contributed by atoms with E-state index in [2.05, 4.69) is 48.7 Å². The molecular weight excluding hydrogens is 266 g/mol. The monoisotopic (exact) mass is 291 g/mol. The maximum Gasteiger partial charge on any atom is 0.321 e. The highest BCUT2D eigenvalue weighted by Crippen LogP contribution is 2.15. The summed E-state index contributed by atoms with van der Waals surface area (Å²) in [4.78, 5) is 24.8. The summed E-state index contributed by atoms with van der Waals surface area (Å²) in [5, 5.41) is 4.82. The molecule has 0 aliphatic rings. The summed E-state index contributed by atoms with van der Waals surface area (Å²) < 4.78 is 0. The molecule has 1 aromatic carbocycles. The van der Waals surface area contributed by atoms with Crippen molar-refractivity contribution in [3.05, 3.63) is 35.4 Å².